The van der Waals surface area contributed by atoms with Gasteiger partial charge < -0.3 is 9.64 Å². The van der Waals surface area contributed by atoms with E-state index in [0.717, 1.165) is 5.56 Å². The van der Waals surface area contributed by atoms with Crippen LogP contribution in [0.15, 0.2) is 23.6 Å². The Bertz CT molecular complexity index is 708. The molecule has 0 saturated carbocycles. The zero-order valence-corrected chi connectivity index (χ0v) is 13.6. The van der Waals surface area contributed by atoms with E-state index in [1.54, 1.807) is 17.5 Å². The highest BCUT2D eigenvalue weighted by molar-refractivity contribution is 7.13. The van der Waals surface area contributed by atoms with Gasteiger partial charge in [-0.3, -0.25) is 0 Å². The number of amides is 1. The lowest BCUT2D eigenvalue weighted by molar-refractivity contribution is 0.157. The van der Waals surface area contributed by atoms with Gasteiger partial charge >= 0.3 is 6.09 Å². The Labute approximate surface area is 140 Å². The molecule has 8 heteroatoms. The molecule has 4 nitrogen and oxygen atoms in total. The molecule has 116 valence electrons. The fourth-order valence-corrected chi connectivity index (χ4v) is 3.34. The molecule has 1 aliphatic rings. The molecule has 1 aromatic heterocycles. The van der Waals surface area contributed by atoms with Crippen molar-refractivity contribution in [3.63, 3.8) is 0 Å². The van der Waals surface area contributed by atoms with Gasteiger partial charge in [-0.05, 0) is 18.2 Å². The second-order valence-corrected chi connectivity index (χ2v) is 6.67. The summed E-state index contributed by atoms with van der Waals surface area (Å²) in [6, 6.07) is 4.69. The summed E-state index contributed by atoms with van der Waals surface area (Å²) in [4.78, 5) is 16.6. The number of carbonyl (C=O) groups is 1. The molecule has 0 unspecified atom stereocenters. The van der Waals surface area contributed by atoms with Crippen molar-refractivity contribution in [3.8, 4) is 10.6 Å². The molecule has 1 fully saturated rings. The highest BCUT2D eigenvalue weighted by Crippen LogP contribution is 2.31. The highest BCUT2D eigenvalue weighted by atomic mass is 35.5. The summed E-state index contributed by atoms with van der Waals surface area (Å²) >= 11 is 12.9. The third-order valence-electron chi connectivity index (χ3n) is 3.24. The largest absolute Gasteiger partial charge is 0.448 e. The minimum atomic E-state index is -0.690. The average Bonchev–Trinajstić information content (AvgIpc) is 3.11. The molecule has 1 saturated heterocycles. The first kappa shape index (κ1) is 15.5. The lowest BCUT2D eigenvalue weighted by atomic mass is 10.1. The van der Waals surface area contributed by atoms with E-state index in [-0.39, 0.29) is 12.4 Å². The van der Waals surface area contributed by atoms with Crippen LogP contribution in [0.4, 0.5) is 9.18 Å². The predicted octanol–water partition coefficient (Wildman–Crippen LogP) is 4.38. The van der Waals surface area contributed by atoms with Crippen molar-refractivity contribution in [2.45, 2.75) is 11.4 Å². The molecule has 2 aromatic rings. The summed E-state index contributed by atoms with van der Waals surface area (Å²) in [7, 11) is 0. The van der Waals surface area contributed by atoms with E-state index in [1.165, 1.54) is 22.3 Å². The van der Waals surface area contributed by atoms with Crippen LogP contribution in [-0.2, 0) is 11.3 Å². The number of rotatable bonds is 4. The summed E-state index contributed by atoms with van der Waals surface area (Å²) in [5.74, 6) is -0.368. The summed E-state index contributed by atoms with van der Waals surface area (Å²) in [5.41, 5.74) is 1.74. The van der Waals surface area contributed by atoms with Crippen LogP contribution < -0.4 is 0 Å². The third kappa shape index (κ3) is 3.19. The van der Waals surface area contributed by atoms with Gasteiger partial charge in [0.05, 0.1) is 18.8 Å². The zero-order chi connectivity index (χ0) is 15.7. The molecule has 1 aromatic carbocycles. The SMILES string of the molecule is O=C1OCCN1Cc1cc(-c2nc(C(Cl)Cl)cs2)ccc1F. The monoisotopic (exact) mass is 360 g/mol. The van der Waals surface area contributed by atoms with E-state index in [1.807, 2.05) is 0 Å². The molecule has 2 heterocycles. The number of cyclic esters (lactones) is 1. The summed E-state index contributed by atoms with van der Waals surface area (Å²) < 4.78 is 18.8. The normalized spacial score (nSPS) is 14.7. The lowest BCUT2D eigenvalue weighted by Gasteiger charge is -2.13. The Morgan fingerprint density at radius 3 is 2.91 bits per heavy atom. The first-order valence-electron chi connectivity index (χ1n) is 6.48. The van der Waals surface area contributed by atoms with Crippen LogP contribution in [0, 0.1) is 5.82 Å². The minimum Gasteiger partial charge on any atom is -0.448 e. The Kier molecular flexibility index (Phi) is 4.52. The van der Waals surface area contributed by atoms with Gasteiger partial charge in [-0.15, -0.1) is 11.3 Å². The summed E-state index contributed by atoms with van der Waals surface area (Å²) in [5, 5.41) is 2.47. The van der Waals surface area contributed by atoms with Gasteiger partial charge in [0, 0.05) is 16.5 Å². The van der Waals surface area contributed by atoms with E-state index in [2.05, 4.69) is 4.98 Å². The maximum Gasteiger partial charge on any atom is 0.410 e. The molecule has 3 rings (SSSR count). The van der Waals surface area contributed by atoms with Crippen LogP contribution in [-0.4, -0.2) is 29.1 Å². The second kappa shape index (κ2) is 6.40. The predicted molar refractivity (Wildman–Crippen MR) is 83.7 cm³/mol. The average molecular weight is 361 g/mol. The van der Waals surface area contributed by atoms with Crippen molar-refractivity contribution in [2.24, 2.45) is 0 Å². The van der Waals surface area contributed by atoms with Crippen LogP contribution in [0.3, 0.4) is 0 Å². The number of thiazole rings is 1. The van der Waals surface area contributed by atoms with Gasteiger partial charge in [0.15, 0.2) is 0 Å². The molecular weight excluding hydrogens is 350 g/mol. The first-order chi connectivity index (χ1) is 10.5. The van der Waals surface area contributed by atoms with Crippen LogP contribution in [0.1, 0.15) is 16.1 Å². The van der Waals surface area contributed by atoms with E-state index in [9.17, 15) is 9.18 Å². The van der Waals surface area contributed by atoms with Crippen molar-refractivity contribution in [1.29, 1.82) is 0 Å². The number of hydrogen-bond acceptors (Lipinski definition) is 4. The summed E-state index contributed by atoms with van der Waals surface area (Å²) in [6.45, 7) is 0.970. The van der Waals surface area contributed by atoms with Gasteiger partial charge in [0.1, 0.15) is 22.3 Å². The highest BCUT2D eigenvalue weighted by Gasteiger charge is 2.23. The van der Waals surface area contributed by atoms with E-state index in [4.69, 9.17) is 27.9 Å². The Morgan fingerprint density at radius 2 is 2.27 bits per heavy atom. The second-order valence-electron chi connectivity index (χ2n) is 4.72. The molecule has 0 radical (unpaired) electrons. The van der Waals surface area contributed by atoms with Crippen LogP contribution in [0.5, 0.6) is 0 Å². The number of aromatic nitrogens is 1. The quantitative estimate of drug-likeness (QED) is 0.759. The molecule has 0 aliphatic carbocycles. The van der Waals surface area contributed by atoms with Gasteiger partial charge in [0.25, 0.3) is 0 Å². The first-order valence-corrected chi connectivity index (χ1v) is 8.24. The van der Waals surface area contributed by atoms with Crippen molar-refractivity contribution in [2.75, 3.05) is 13.2 Å². The number of carbonyl (C=O) groups excluding carboxylic acids is 1. The van der Waals surface area contributed by atoms with Crippen molar-refractivity contribution in [1.82, 2.24) is 9.88 Å². The molecule has 1 aliphatic heterocycles. The zero-order valence-electron chi connectivity index (χ0n) is 11.3. The van der Waals surface area contributed by atoms with Gasteiger partial charge in [-0.1, -0.05) is 23.2 Å². The Morgan fingerprint density at radius 1 is 1.45 bits per heavy atom. The molecule has 0 spiro atoms. The third-order valence-corrected chi connectivity index (χ3v) is 4.60. The number of hydrogen-bond donors (Lipinski definition) is 0. The van der Waals surface area contributed by atoms with Gasteiger partial charge in [0.2, 0.25) is 0 Å². The number of halogens is 3. The standard InChI is InChI=1S/C14H11Cl2FN2O2S/c15-12(16)11-7-22-13(18-11)8-1-2-10(17)9(5-8)6-19-3-4-21-14(19)20/h1-2,5,7,12H,3-4,6H2. The fraction of sp³-hybridized carbons (Fsp3) is 0.286. The maximum absolute atomic E-state index is 14.0. The van der Waals surface area contributed by atoms with Crippen molar-refractivity contribution in [3.05, 3.63) is 40.7 Å². The number of ether oxygens (including phenoxy) is 1. The van der Waals surface area contributed by atoms with Crippen LogP contribution in [0.25, 0.3) is 10.6 Å². The number of benzene rings is 1. The lowest BCUT2D eigenvalue weighted by Crippen LogP contribution is -2.24. The molecule has 0 bridgehead atoms. The van der Waals surface area contributed by atoms with Crippen molar-refractivity contribution >= 4 is 40.6 Å². The Balaban J connectivity index is 1.86. The topological polar surface area (TPSA) is 42.4 Å². The van der Waals surface area contributed by atoms with Crippen molar-refractivity contribution < 1.29 is 13.9 Å². The minimum absolute atomic E-state index is 0.171. The van der Waals surface area contributed by atoms with Gasteiger partial charge in [-0.25, -0.2) is 14.2 Å². The maximum atomic E-state index is 14.0. The molecule has 0 atom stereocenters. The number of alkyl halides is 2. The van der Waals surface area contributed by atoms with E-state index < -0.39 is 10.9 Å². The van der Waals surface area contributed by atoms with Crippen LogP contribution in [0.2, 0.25) is 0 Å². The summed E-state index contributed by atoms with van der Waals surface area (Å²) in [6.07, 6.45) is -0.423. The molecule has 22 heavy (non-hydrogen) atoms. The molecular formula is C14H11Cl2FN2O2S. The van der Waals surface area contributed by atoms with Crippen LogP contribution >= 0.6 is 34.5 Å². The van der Waals surface area contributed by atoms with E-state index >= 15 is 0 Å². The smallest absolute Gasteiger partial charge is 0.410 e. The molecule has 1 amide bonds. The number of nitrogens with zero attached hydrogens (tertiary/aromatic N) is 2. The Hall–Kier alpha value is -1.37. The van der Waals surface area contributed by atoms with E-state index in [0.29, 0.717) is 29.4 Å². The van der Waals surface area contributed by atoms with Gasteiger partial charge in [-0.2, -0.15) is 0 Å². The fourth-order valence-electron chi connectivity index (χ4n) is 2.12. The molecule has 0 N–H and O–H groups in total.